The van der Waals surface area contributed by atoms with Crippen LogP contribution in [0.1, 0.15) is 18.9 Å². The molecule has 2 heterocycles. The van der Waals surface area contributed by atoms with Crippen molar-refractivity contribution in [2.24, 2.45) is 5.92 Å². The van der Waals surface area contributed by atoms with Crippen molar-refractivity contribution in [3.05, 3.63) is 29.8 Å². The van der Waals surface area contributed by atoms with Gasteiger partial charge in [0.15, 0.2) is 0 Å². The van der Waals surface area contributed by atoms with Gasteiger partial charge in [0.2, 0.25) is 5.91 Å². The summed E-state index contributed by atoms with van der Waals surface area (Å²) in [5.41, 5.74) is 2.01. The fourth-order valence-electron chi connectivity index (χ4n) is 3.34. The summed E-state index contributed by atoms with van der Waals surface area (Å²) in [6.07, 6.45) is 1.79. The molecule has 2 aliphatic heterocycles. The molecular formula is C21H27N3O3. The molecule has 0 saturated carbocycles. The van der Waals surface area contributed by atoms with E-state index in [4.69, 9.17) is 4.74 Å². The number of aryl methyl sites for hydroxylation is 1. The van der Waals surface area contributed by atoms with E-state index in [-0.39, 0.29) is 17.7 Å². The van der Waals surface area contributed by atoms with Crippen LogP contribution in [0.2, 0.25) is 0 Å². The quantitative estimate of drug-likeness (QED) is 0.815. The van der Waals surface area contributed by atoms with Crippen molar-refractivity contribution in [2.75, 3.05) is 51.3 Å². The molecule has 0 unspecified atom stereocenters. The van der Waals surface area contributed by atoms with Gasteiger partial charge >= 0.3 is 0 Å². The van der Waals surface area contributed by atoms with Crippen LogP contribution in [0.5, 0.6) is 0 Å². The maximum Gasteiger partial charge on any atom is 0.298 e. The first-order valence-electron chi connectivity index (χ1n) is 9.64. The third-order valence-corrected chi connectivity index (χ3v) is 5.01. The molecular weight excluding hydrogens is 342 g/mol. The van der Waals surface area contributed by atoms with Gasteiger partial charge in [-0.1, -0.05) is 31.0 Å². The average molecular weight is 369 g/mol. The molecule has 0 aliphatic carbocycles. The Bertz CT molecular complexity index is 724. The number of benzene rings is 1. The minimum absolute atomic E-state index is 0.0169. The predicted molar refractivity (Wildman–Crippen MR) is 104 cm³/mol. The van der Waals surface area contributed by atoms with Gasteiger partial charge in [0, 0.05) is 44.4 Å². The molecule has 1 atom stereocenters. The molecule has 2 amide bonds. The summed E-state index contributed by atoms with van der Waals surface area (Å²) in [5.74, 6) is 5.82. The lowest BCUT2D eigenvalue weighted by Crippen LogP contribution is -2.50. The Kier molecular flexibility index (Phi) is 6.86. The Morgan fingerprint density at radius 2 is 2.00 bits per heavy atom. The van der Waals surface area contributed by atoms with Crippen LogP contribution in [-0.2, 0) is 20.7 Å². The SMILES string of the molecule is CCc1ccccc1NC(=O)CN1CCN(C(=O)C#C[C@H]2CCOC2)CC1. The minimum Gasteiger partial charge on any atom is -0.380 e. The number of piperazine rings is 1. The molecule has 6 heteroatoms. The Hall–Kier alpha value is -2.36. The molecule has 0 bridgehead atoms. The predicted octanol–water partition coefficient (Wildman–Crippen LogP) is 1.37. The van der Waals surface area contributed by atoms with Gasteiger partial charge in [-0.3, -0.25) is 14.5 Å². The first kappa shape index (κ1) is 19.4. The highest BCUT2D eigenvalue weighted by Crippen LogP contribution is 2.15. The van der Waals surface area contributed by atoms with E-state index in [2.05, 4.69) is 29.0 Å². The first-order valence-corrected chi connectivity index (χ1v) is 9.64. The molecule has 1 N–H and O–H groups in total. The van der Waals surface area contributed by atoms with Gasteiger partial charge in [0.1, 0.15) is 0 Å². The standard InChI is InChI=1S/C21H27N3O3/c1-2-18-5-3-4-6-19(18)22-20(25)15-23-10-12-24(13-11-23)21(26)8-7-17-9-14-27-16-17/h3-6,17H,2,9-16H2,1H3,(H,22,25)/t17-/m0/s1. The van der Waals surface area contributed by atoms with Crippen molar-refractivity contribution in [1.82, 2.24) is 9.80 Å². The Morgan fingerprint density at radius 3 is 2.70 bits per heavy atom. The number of ether oxygens (including phenoxy) is 1. The monoisotopic (exact) mass is 369 g/mol. The van der Waals surface area contributed by atoms with E-state index in [9.17, 15) is 9.59 Å². The fourth-order valence-corrected chi connectivity index (χ4v) is 3.34. The zero-order valence-corrected chi connectivity index (χ0v) is 15.9. The number of anilines is 1. The van der Waals surface area contributed by atoms with Crippen LogP contribution in [0.3, 0.4) is 0 Å². The summed E-state index contributed by atoms with van der Waals surface area (Å²) in [5, 5.41) is 3.00. The van der Waals surface area contributed by atoms with Crippen LogP contribution >= 0.6 is 0 Å². The first-order chi connectivity index (χ1) is 13.2. The molecule has 27 heavy (non-hydrogen) atoms. The average Bonchev–Trinajstić information content (AvgIpc) is 3.20. The van der Waals surface area contributed by atoms with Crippen molar-refractivity contribution in [2.45, 2.75) is 19.8 Å². The molecule has 144 valence electrons. The van der Waals surface area contributed by atoms with Crippen LogP contribution in [0, 0.1) is 17.8 Å². The lowest BCUT2D eigenvalue weighted by atomic mass is 10.1. The Morgan fingerprint density at radius 1 is 1.22 bits per heavy atom. The van der Waals surface area contributed by atoms with E-state index in [1.807, 2.05) is 24.3 Å². The topological polar surface area (TPSA) is 61.9 Å². The van der Waals surface area contributed by atoms with Gasteiger partial charge in [0.05, 0.1) is 13.2 Å². The summed E-state index contributed by atoms with van der Waals surface area (Å²) >= 11 is 0. The van der Waals surface area contributed by atoms with E-state index in [0.717, 1.165) is 30.7 Å². The molecule has 3 rings (SSSR count). The number of amides is 2. The number of nitrogens with one attached hydrogen (secondary N) is 1. The molecule has 2 saturated heterocycles. The van der Waals surface area contributed by atoms with Gasteiger partial charge in [-0.15, -0.1) is 0 Å². The normalized spacial score (nSPS) is 20.0. The Labute approximate surface area is 160 Å². The highest BCUT2D eigenvalue weighted by molar-refractivity contribution is 5.94. The molecule has 1 aromatic rings. The number of carbonyl (C=O) groups is 2. The molecule has 0 spiro atoms. The van der Waals surface area contributed by atoms with E-state index < -0.39 is 0 Å². The number of hydrogen-bond donors (Lipinski definition) is 1. The van der Waals surface area contributed by atoms with Gasteiger partial charge < -0.3 is 15.0 Å². The second-order valence-corrected chi connectivity index (χ2v) is 6.96. The van der Waals surface area contributed by atoms with Gasteiger partial charge in [-0.25, -0.2) is 0 Å². The third kappa shape index (κ3) is 5.56. The van der Waals surface area contributed by atoms with Gasteiger partial charge in [0.25, 0.3) is 5.91 Å². The molecule has 2 fully saturated rings. The van der Waals surface area contributed by atoms with Crippen molar-refractivity contribution < 1.29 is 14.3 Å². The van der Waals surface area contributed by atoms with Crippen molar-refractivity contribution >= 4 is 17.5 Å². The molecule has 0 radical (unpaired) electrons. The number of nitrogens with zero attached hydrogens (tertiary/aromatic N) is 2. The zero-order chi connectivity index (χ0) is 19.1. The van der Waals surface area contributed by atoms with Crippen molar-refractivity contribution in [3.63, 3.8) is 0 Å². The summed E-state index contributed by atoms with van der Waals surface area (Å²) in [4.78, 5) is 28.4. The number of hydrogen-bond acceptors (Lipinski definition) is 4. The lowest BCUT2D eigenvalue weighted by Gasteiger charge is -2.33. The summed E-state index contributed by atoms with van der Waals surface area (Å²) in [6, 6.07) is 7.87. The second kappa shape index (κ2) is 9.54. The van der Waals surface area contributed by atoms with Crippen molar-refractivity contribution in [1.29, 1.82) is 0 Å². The van der Waals surface area contributed by atoms with Gasteiger partial charge in [-0.2, -0.15) is 0 Å². The molecule has 1 aromatic carbocycles. The third-order valence-electron chi connectivity index (χ3n) is 5.01. The lowest BCUT2D eigenvalue weighted by molar-refractivity contribution is -0.127. The van der Waals surface area contributed by atoms with Crippen LogP contribution in [0.25, 0.3) is 0 Å². The second-order valence-electron chi connectivity index (χ2n) is 6.96. The number of rotatable bonds is 4. The fraction of sp³-hybridized carbons (Fsp3) is 0.524. The van der Waals surface area contributed by atoms with Crippen LogP contribution in [-0.4, -0.2) is 67.6 Å². The number of para-hydroxylation sites is 1. The molecule has 0 aromatic heterocycles. The van der Waals surface area contributed by atoms with E-state index in [1.54, 1.807) is 4.90 Å². The van der Waals surface area contributed by atoms with Crippen molar-refractivity contribution in [3.8, 4) is 11.8 Å². The van der Waals surface area contributed by atoms with Gasteiger partial charge in [-0.05, 0) is 30.4 Å². The van der Waals surface area contributed by atoms with E-state index in [1.165, 1.54) is 0 Å². The zero-order valence-electron chi connectivity index (χ0n) is 15.9. The molecule has 2 aliphatic rings. The summed E-state index contributed by atoms with van der Waals surface area (Å²) in [6.45, 7) is 6.35. The van der Waals surface area contributed by atoms with Crippen LogP contribution in [0.4, 0.5) is 5.69 Å². The molecule has 6 nitrogen and oxygen atoms in total. The van der Waals surface area contributed by atoms with Crippen LogP contribution < -0.4 is 5.32 Å². The highest BCUT2D eigenvalue weighted by Gasteiger charge is 2.22. The van der Waals surface area contributed by atoms with E-state index >= 15 is 0 Å². The summed E-state index contributed by atoms with van der Waals surface area (Å²) in [7, 11) is 0. The largest absolute Gasteiger partial charge is 0.380 e. The number of carbonyl (C=O) groups excluding carboxylic acids is 2. The Balaban J connectivity index is 1.43. The maximum atomic E-state index is 12.3. The highest BCUT2D eigenvalue weighted by atomic mass is 16.5. The van der Waals surface area contributed by atoms with E-state index in [0.29, 0.717) is 39.3 Å². The maximum absolute atomic E-state index is 12.3. The minimum atomic E-state index is -0.122. The smallest absolute Gasteiger partial charge is 0.298 e. The van der Waals surface area contributed by atoms with Crippen LogP contribution in [0.15, 0.2) is 24.3 Å². The summed E-state index contributed by atoms with van der Waals surface area (Å²) < 4.78 is 5.27.